The largest absolute Gasteiger partial charge is 0.394 e. The Morgan fingerprint density at radius 3 is 1.40 bits per heavy atom. The van der Waals surface area contributed by atoms with E-state index in [9.17, 15) is 0 Å². The Balaban J connectivity index is 0. The number of hydrogen-bond acceptors (Lipinski definition) is 3. The van der Waals surface area contributed by atoms with Gasteiger partial charge in [-0.1, -0.05) is 0 Å². The van der Waals surface area contributed by atoms with Gasteiger partial charge in [-0.25, -0.2) is 0 Å². The van der Waals surface area contributed by atoms with Gasteiger partial charge in [-0.3, -0.25) is 14.5 Å². The van der Waals surface area contributed by atoms with Gasteiger partial charge in [-0.05, 0) is 27.7 Å². The number of nitrogens with zero attached hydrogens (tertiary/aromatic N) is 1. The van der Waals surface area contributed by atoms with Crippen LogP contribution in [0, 0.1) is 5.41 Å². The average molecular weight is 241 g/mol. The first-order valence-electron chi connectivity index (χ1n) is 4.29. The van der Waals surface area contributed by atoms with Crippen LogP contribution in [0.3, 0.4) is 0 Å². The molecule has 0 heterocycles. The van der Waals surface area contributed by atoms with Crippen molar-refractivity contribution in [2.45, 2.75) is 39.8 Å². The molecule has 0 atom stereocenters. The molecule has 7 nitrogen and oxygen atoms in total. The minimum atomic E-state index is -4.67. The van der Waals surface area contributed by atoms with Crippen molar-refractivity contribution in [1.82, 2.24) is 4.90 Å². The lowest BCUT2D eigenvalue weighted by Crippen LogP contribution is -2.45. The van der Waals surface area contributed by atoms with E-state index in [1.165, 1.54) is 0 Å². The zero-order valence-corrected chi connectivity index (χ0v) is 10.1. The maximum atomic E-state index is 8.74. The van der Waals surface area contributed by atoms with E-state index in [1.54, 1.807) is 0 Å². The Morgan fingerprint density at radius 2 is 1.40 bits per heavy atom. The number of nitrogens with two attached hydrogens (primary N) is 1. The highest BCUT2D eigenvalue weighted by Crippen LogP contribution is 2.02. The van der Waals surface area contributed by atoms with Crippen LogP contribution in [-0.4, -0.2) is 40.5 Å². The van der Waals surface area contributed by atoms with Crippen molar-refractivity contribution < 1.29 is 17.5 Å². The second-order valence-electron chi connectivity index (χ2n) is 3.43. The molecule has 0 amide bonds. The minimum absolute atomic E-state index is 0.157. The third-order valence-electron chi connectivity index (χ3n) is 1.39. The number of hydrogen-bond donors (Lipinski definition) is 4. The highest BCUT2D eigenvalue weighted by Gasteiger charge is 2.13. The zero-order valence-electron chi connectivity index (χ0n) is 9.30. The summed E-state index contributed by atoms with van der Waals surface area (Å²) in [6, 6.07) is 0.634. The van der Waals surface area contributed by atoms with Gasteiger partial charge in [0, 0.05) is 12.1 Å². The molecule has 0 bridgehead atoms. The Kier molecular flexibility index (Phi) is 7.28. The van der Waals surface area contributed by atoms with E-state index in [4.69, 9.17) is 28.7 Å². The van der Waals surface area contributed by atoms with Crippen molar-refractivity contribution in [2.24, 2.45) is 5.73 Å². The molecule has 0 saturated heterocycles. The van der Waals surface area contributed by atoms with Crippen LogP contribution < -0.4 is 5.73 Å². The normalized spacial score (nSPS) is 10.9. The molecule has 0 aromatic carbocycles. The lowest BCUT2D eigenvalue weighted by molar-refractivity contribution is 0.287. The number of guanidine groups is 1. The van der Waals surface area contributed by atoms with Crippen LogP contribution in [0.15, 0.2) is 0 Å². The van der Waals surface area contributed by atoms with E-state index in [-0.39, 0.29) is 5.96 Å². The molecule has 5 N–H and O–H groups in total. The van der Waals surface area contributed by atoms with E-state index in [0.29, 0.717) is 12.1 Å². The predicted octanol–water partition coefficient (Wildman–Crippen LogP) is 0.346. The molecule has 15 heavy (non-hydrogen) atoms. The van der Waals surface area contributed by atoms with Crippen LogP contribution in [0.25, 0.3) is 0 Å². The predicted molar refractivity (Wildman–Crippen MR) is 58.2 cm³/mol. The molecule has 8 heteroatoms. The van der Waals surface area contributed by atoms with Crippen LogP contribution in [-0.2, 0) is 10.4 Å². The van der Waals surface area contributed by atoms with Crippen LogP contribution in [0.1, 0.15) is 27.7 Å². The molecule has 0 spiro atoms. The topological polar surface area (TPSA) is 128 Å². The van der Waals surface area contributed by atoms with Gasteiger partial charge in [0.1, 0.15) is 0 Å². The molecule has 0 aliphatic heterocycles. The molecular weight excluding hydrogens is 222 g/mol. The van der Waals surface area contributed by atoms with Crippen molar-refractivity contribution in [1.29, 1.82) is 5.41 Å². The Hall–Kier alpha value is -0.860. The lowest BCUT2D eigenvalue weighted by atomic mass is 10.2. The second kappa shape index (κ2) is 6.59. The summed E-state index contributed by atoms with van der Waals surface area (Å²) in [4.78, 5) is 1.86. The summed E-state index contributed by atoms with van der Waals surface area (Å²) in [6.07, 6.45) is 0. The smallest absolute Gasteiger partial charge is 0.370 e. The maximum absolute atomic E-state index is 8.74. The summed E-state index contributed by atoms with van der Waals surface area (Å²) < 4.78 is 31.6. The van der Waals surface area contributed by atoms with Crippen molar-refractivity contribution in [3.05, 3.63) is 0 Å². The quantitative estimate of drug-likeness (QED) is 0.313. The molecular formula is C7H19N3O4S. The molecule has 0 radical (unpaired) electrons. The monoisotopic (exact) mass is 241 g/mol. The van der Waals surface area contributed by atoms with Gasteiger partial charge in [0.05, 0.1) is 0 Å². The zero-order chi connectivity index (χ0) is 12.8. The molecule has 0 fully saturated rings. The summed E-state index contributed by atoms with van der Waals surface area (Å²) >= 11 is 0. The van der Waals surface area contributed by atoms with Gasteiger partial charge in [0.2, 0.25) is 0 Å². The lowest BCUT2D eigenvalue weighted by Gasteiger charge is -2.30. The number of rotatable bonds is 2. The molecule has 0 unspecified atom stereocenters. The van der Waals surface area contributed by atoms with Gasteiger partial charge in [-0.15, -0.1) is 0 Å². The number of nitrogens with one attached hydrogen (secondary N) is 1. The van der Waals surface area contributed by atoms with Crippen LogP contribution >= 0.6 is 0 Å². The summed E-state index contributed by atoms with van der Waals surface area (Å²) in [5, 5.41) is 7.22. The fourth-order valence-electron chi connectivity index (χ4n) is 1.15. The molecule has 0 saturated carbocycles. The standard InChI is InChI=1S/C7H17N3.H2O4S/c1-5(2)10(6(3)4)7(8)9;1-5(2,3)4/h5-6H,1-4H3,(H3,8,9);(H2,1,2,3,4). The molecule has 0 aromatic heterocycles. The fourth-order valence-corrected chi connectivity index (χ4v) is 1.15. The van der Waals surface area contributed by atoms with E-state index in [1.807, 2.05) is 32.6 Å². The summed E-state index contributed by atoms with van der Waals surface area (Å²) in [5.74, 6) is 0.157. The molecule has 0 rings (SSSR count). The van der Waals surface area contributed by atoms with E-state index in [2.05, 4.69) is 0 Å². The summed E-state index contributed by atoms with van der Waals surface area (Å²) in [5.41, 5.74) is 5.35. The van der Waals surface area contributed by atoms with Gasteiger partial charge < -0.3 is 10.6 Å². The molecule has 0 aromatic rings. The van der Waals surface area contributed by atoms with Crippen molar-refractivity contribution in [2.75, 3.05) is 0 Å². The first-order valence-corrected chi connectivity index (χ1v) is 5.68. The van der Waals surface area contributed by atoms with Gasteiger partial charge in [-0.2, -0.15) is 8.42 Å². The average Bonchev–Trinajstić information content (AvgIpc) is 1.77. The van der Waals surface area contributed by atoms with Crippen molar-refractivity contribution in [3.8, 4) is 0 Å². The first-order chi connectivity index (χ1) is 6.46. The Labute approximate surface area is 90.4 Å². The third kappa shape index (κ3) is 13.1. The maximum Gasteiger partial charge on any atom is 0.394 e. The van der Waals surface area contributed by atoms with Gasteiger partial charge in [0.25, 0.3) is 0 Å². The molecule has 0 aliphatic rings. The Bertz CT molecular complexity index is 271. The summed E-state index contributed by atoms with van der Waals surface area (Å²) in [7, 11) is -4.67. The van der Waals surface area contributed by atoms with Crippen LogP contribution in [0.5, 0.6) is 0 Å². The van der Waals surface area contributed by atoms with Crippen LogP contribution in [0.4, 0.5) is 0 Å². The summed E-state index contributed by atoms with van der Waals surface area (Å²) in [6.45, 7) is 8.12. The molecule has 92 valence electrons. The highest BCUT2D eigenvalue weighted by molar-refractivity contribution is 7.79. The first kappa shape index (κ1) is 16.6. The fraction of sp³-hybridized carbons (Fsp3) is 0.857. The molecule has 0 aliphatic carbocycles. The Morgan fingerprint density at radius 1 is 1.20 bits per heavy atom. The van der Waals surface area contributed by atoms with Crippen LogP contribution in [0.2, 0.25) is 0 Å². The highest BCUT2D eigenvalue weighted by atomic mass is 32.3. The van der Waals surface area contributed by atoms with E-state index in [0.717, 1.165) is 0 Å². The third-order valence-corrected chi connectivity index (χ3v) is 1.39. The van der Waals surface area contributed by atoms with Crippen molar-refractivity contribution in [3.63, 3.8) is 0 Å². The van der Waals surface area contributed by atoms with E-state index >= 15 is 0 Å². The van der Waals surface area contributed by atoms with Gasteiger partial charge >= 0.3 is 10.4 Å². The SMILES string of the molecule is CC(C)N(C(=N)N)C(C)C.O=S(=O)(O)O. The van der Waals surface area contributed by atoms with Crippen molar-refractivity contribution >= 4 is 16.4 Å². The second-order valence-corrected chi connectivity index (χ2v) is 4.32. The van der Waals surface area contributed by atoms with E-state index < -0.39 is 10.4 Å². The van der Waals surface area contributed by atoms with Gasteiger partial charge in [0.15, 0.2) is 5.96 Å². The minimum Gasteiger partial charge on any atom is -0.370 e.